The predicted octanol–water partition coefficient (Wildman–Crippen LogP) is 2.01. The molecule has 7 heteroatoms. The highest BCUT2D eigenvalue weighted by molar-refractivity contribution is 5.85. The maximum atomic E-state index is 13.0. The molecule has 1 aromatic rings. The van der Waals surface area contributed by atoms with E-state index in [2.05, 4.69) is 20.9 Å². The zero-order valence-electron chi connectivity index (χ0n) is 16.9. The van der Waals surface area contributed by atoms with E-state index in [9.17, 15) is 9.59 Å². The Labute approximate surface area is 179 Å². The van der Waals surface area contributed by atoms with Crippen LogP contribution in [0.15, 0.2) is 30.3 Å². The Hall–Kier alpha value is -1.63. The summed E-state index contributed by atoms with van der Waals surface area (Å²) in [6, 6.07) is 10.2. The van der Waals surface area contributed by atoms with E-state index < -0.39 is 0 Å². The topological polar surface area (TPSA) is 73.5 Å². The molecule has 3 N–H and O–H groups in total. The van der Waals surface area contributed by atoms with Crippen LogP contribution < -0.4 is 16.0 Å². The average molecular weight is 421 g/mol. The van der Waals surface area contributed by atoms with Gasteiger partial charge in [0.05, 0.1) is 6.04 Å². The number of carbonyl (C=O) groups is 2. The molecule has 4 rings (SSSR count). The quantitative estimate of drug-likeness (QED) is 0.630. The van der Waals surface area contributed by atoms with Crippen molar-refractivity contribution in [2.75, 3.05) is 26.2 Å². The Kier molecular flexibility index (Phi) is 7.92. The molecule has 0 bridgehead atoms. The second kappa shape index (κ2) is 10.4. The first kappa shape index (κ1) is 22.1. The van der Waals surface area contributed by atoms with Gasteiger partial charge in [-0.15, -0.1) is 12.4 Å². The molecule has 0 spiro atoms. The van der Waals surface area contributed by atoms with Gasteiger partial charge in [-0.1, -0.05) is 30.3 Å². The Bertz CT molecular complexity index is 677. The highest BCUT2D eigenvalue weighted by atomic mass is 35.5. The smallest absolute Gasteiger partial charge is 0.242 e. The fourth-order valence-corrected chi connectivity index (χ4v) is 4.45. The number of amides is 2. The fraction of sp³-hybridized carbons (Fsp3) is 0.636. The van der Waals surface area contributed by atoms with Gasteiger partial charge in [0.15, 0.2) is 0 Å². The number of hydrogen-bond donors (Lipinski definition) is 3. The molecule has 1 saturated carbocycles. The van der Waals surface area contributed by atoms with Crippen LogP contribution in [0.3, 0.4) is 0 Å². The maximum absolute atomic E-state index is 13.0. The van der Waals surface area contributed by atoms with E-state index in [1.807, 2.05) is 30.3 Å². The van der Waals surface area contributed by atoms with Crippen molar-refractivity contribution in [3.8, 4) is 0 Å². The van der Waals surface area contributed by atoms with Gasteiger partial charge < -0.3 is 16.0 Å². The molecule has 3 fully saturated rings. The van der Waals surface area contributed by atoms with Gasteiger partial charge in [0.2, 0.25) is 11.8 Å². The summed E-state index contributed by atoms with van der Waals surface area (Å²) in [5.74, 6) is 0.633. The van der Waals surface area contributed by atoms with Crippen LogP contribution in [-0.2, 0) is 9.59 Å². The monoisotopic (exact) mass is 420 g/mol. The molecule has 29 heavy (non-hydrogen) atoms. The number of piperidine rings is 1. The highest BCUT2D eigenvalue weighted by Crippen LogP contribution is 2.29. The lowest BCUT2D eigenvalue weighted by atomic mass is 9.94. The highest BCUT2D eigenvalue weighted by Gasteiger charge is 2.34. The molecular formula is C22H33ClN4O2. The van der Waals surface area contributed by atoms with E-state index >= 15 is 0 Å². The van der Waals surface area contributed by atoms with Crippen LogP contribution in [0.25, 0.3) is 0 Å². The van der Waals surface area contributed by atoms with Crippen LogP contribution in [0.2, 0.25) is 0 Å². The third kappa shape index (κ3) is 5.93. The lowest BCUT2D eigenvalue weighted by Gasteiger charge is -2.38. The van der Waals surface area contributed by atoms with Crippen LogP contribution >= 0.6 is 12.4 Å². The molecule has 3 unspecified atom stereocenters. The minimum absolute atomic E-state index is 0. The molecule has 3 atom stereocenters. The first-order valence-corrected chi connectivity index (χ1v) is 10.8. The molecule has 0 radical (unpaired) electrons. The van der Waals surface area contributed by atoms with Crippen molar-refractivity contribution in [2.45, 2.75) is 56.7 Å². The van der Waals surface area contributed by atoms with Crippen LogP contribution in [0, 0.1) is 5.92 Å². The minimum Gasteiger partial charge on any atom is -0.354 e. The summed E-state index contributed by atoms with van der Waals surface area (Å²) < 4.78 is 0. The number of hydrogen-bond acceptors (Lipinski definition) is 4. The molecule has 2 aliphatic heterocycles. The molecule has 2 heterocycles. The van der Waals surface area contributed by atoms with Gasteiger partial charge in [-0.05, 0) is 63.1 Å². The van der Waals surface area contributed by atoms with E-state index in [1.165, 1.54) is 0 Å². The number of likely N-dealkylation sites (tertiary alicyclic amines) is 1. The molecule has 0 aromatic heterocycles. The van der Waals surface area contributed by atoms with Crippen molar-refractivity contribution in [1.82, 2.24) is 20.9 Å². The van der Waals surface area contributed by atoms with Gasteiger partial charge in [0, 0.05) is 19.1 Å². The van der Waals surface area contributed by atoms with Crippen molar-refractivity contribution < 1.29 is 9.59 Å². The standard InChI is InChI=1S/C22H32N4O2.ClH/c27-21(19-9-4-12-23-19)24-14-16-6-5-13-26(15-16)20(17-7-2-1-3-8-17)22(28)25-18-10-11-18;/h1-3,7-8,16,18-20,23H,4-6,9-15H2,(H,24,27)(H,25,28);1H. The molecule has 1 aliphatic carbocycles. The molecule has 3 aliphatic rings. The van der Waals surface area contributed by atoms with E-state index in [0.717, 1.165) is 63.7 Å². The van der Waals surface area contributed by atoms with Gasteiger partial charge in [-0.2, -0.15) is 0 Å². The number of halogens is 1. The number of carbonyl (C=O) groups excluding carboxylic acids is 2. The molecular weight excluding hydrogens is 388 g/mol. The third-order valence-corrected chi connectivity index (χ3v) is 6.14. The van der Waals surface area contributed by atoms with Crippen molar-refractivity contribution in [2.24, 2.45) is 5.92 Å². The third-order valence-electron chi connectivity index (χ3n) is 6.14. The first-order chi connectivity index (χ1) is 13.7. The lowest BCUT2D eigenvalue weighted by molar-refractivity contribution is -0.128. The molecule has 2 amide bonds. The van der Waals surface area contributed by atoms with Gasteiger partial charge in [-0.25, -0.2) is 0 Å². The Morgan fingerprint density at radius 3 is 2.59 bits per heavy atom. The average Bonchev–Trinajstić information content (AvgIpc) is 3.35. The Balaban J connectivity index is 0.00000240. The zero-order valence-corrected chi connectivity index (χ0v) is 17.8. The molecule has 1 aromatic carbocycles. The maximum Gasteiger partial charge on any atom is 0.242 e. The van der Waals surface area contributed by atoms with E-state index in [1.54, 1.807) is 0 Å². The minimum atomic E-state index is -0.239. The van der Waals surface area contributed by atoms with E-state index in [4.69, 9.17) is 0 Å². The van der Waals surface area contributed by atoms with Crippen LogP contribution in [0.5, 0.6) is 0 Å². The fourth-order valence-electron chi connectivity index (χ4n) is 4.45. The summed E-state index contributed by atoms with van der Waals surface area (Å²) in [6.07, 6.45) is 6.35. The van der Waals surface area contributed by atoms with Gasteiger partial charge >= 0.3 is 0 Å². The Morgan fingerprint density at radius 2 is 1.90 bits per heavy atom. The van der Waals surface area contributed by atoms with Gasteiger partial charge in [0.25, 0.3) is 0 Å². The second-order valence-electron chi connectivity index (χ2n) is 8.49. The van der Waals surface area contributed by atoms with E-state index in [-0.39, 0.29) is 36.3 Å². The van der Waals surface area contributed by atoms with Crippen molar-refractivity contribution in [3.63, 3.8) is 0 Å². The Morgan fingerprint density at radius 1 is 1.10 bits per heavy atom. The first-order valence-electron chi connectivity index (χ1n) is 10.8. The van der Waals surface area contributed by atoms with Crippen LogP contribution in [0.4, 0.5) is 0 Å². The number of rotatable bonds is 7. The SMILES string of the molecule is Cl.O=C(NCC1CCCN(C(C(=O)NC2CC2)c2ccccc2)C1)C1CCCN1. The van der Waals surface area contributed by atoms with Crippen LogP contribution in [-0.4, -0.2) is 55.0 Å². The normalized spacial score (nSPS) is 25.7. The van der Waals surface area contributed by atoms with Crippen molar-refractivity contribution >= 4 is 24.2 Å². The van der Waals surface area contributed by atoms with Crippen molar-refractivity contribution in [1.29, 1.82) is 0 Å². The largest absolute Gasteiger partial charge is 0.354 e. The zero-order chi connectivity index (χ0) is 19.3. The number of nitrogens with one attached hydrogen (secondary N) is 3. The number of nitrogens with zero attached hydrogens (tertiary/aromatic N) is 1. The summed E-state index contributed by atoms with van der Waals surface area (Å²) in [6.45, 7) is 3.39. The van der Waals surface area contributed by atoms with Gasteiger partial charge in [-0.3, -0.25) is 14.5 Å². The van der Waals surface area contributed by atoms with Crippen molar-refractivity contribution in [3.05, 3.63) is 35.9 Å². The summed E-state index contributed by atoms with van der Waals surface area (Å²) in [4.78, 5) is 27.6. The summed E-state index contributed by atoms with van der Waals surface area (Å²) in [5, 5.41) is 9.59. The van der Waals surface area contributed by atoms with Gasteiger partial charge in [0.1, 0.15) is 6.04 Å². The summed E-state index contributed by atoms with van der Waals surface area (Å²) >= 11 is 0. The summed E-state index contributed by atoms with van der Waals surface area (Å²) in [7, 11) is 0. The molecule has 6 nitrogen and oxygen atoms in total. The second-order valence-corrected chi connectivity index (χ2v) is 8.49. The number of benzene rings is 1. The van der Waals surface area contributed by atoms with Crippen LogP contribution in [0.1, 0.15) is 50.1 Å². The molecule has 160 valence electrons. The summed E-state index contributed by atoms with van der Waals surface area (Å²) in [5.41, 5.74) is 1.06. The predicted molar refractivity (Wildman–Crippen MR) is 116 cm³/mol. The van der Waals surface area contributed by atoms with E-state index in [0.29, 0.717) is 18.5 Å². The molecule has 2 saturated heterocycles. The lowest BCUT2D eigenvalue weighted by Crippen LogP contribution is -2.48.